The van der Waals surface area contributed by atoms with Gasteiger partial charge in [0.15, 0.2) is 11.9 Å². The van der Waals surface area contributed by atoms with Gasteiger partial charge in [0.2, 0.25) is 0 Å². The van der Waals surface area contributed by atoms with Crippen molar-refractivity contribution in [3.05, 3.63) is 11.1 Å². The monoisotopic (exact) mass is 452 g/mol. The lowest BCUT2D eigenvalue weighted by Gasteiger charge is -2.67. The van der Waals surface area contributed by atoms with Crippen molar-refractivity contribution in [3.63, 3.8) is 0 Å². The van der Waals surface area contributed by atoms with Crippen LogP contribution in [0, 0.1) is 22.7 Å². The van der Waals surface area contributed by atoms with Crippen molar-refractivity contribution < 1.29 is 39.5 Å². The van der Waals surface area contributed by atoms with Gasteiger partial charge in [0.25, 0.3) is 0 Å². The highest BCUT2D eigenvalue weighted by Gasteiger charge is 2.74. The summed E-state index contributed by atoms with van der Waals surface area (Å²) in [5.74, 6) is -2.66. The first-order valence-corrected chi connectivity index (χ1v) is 11.5. The number of aliphatic hydroxyl groups is 4. The average molecular weight is 453 g/mol. The zero-order valence-electron chi connectivity index (χ0n) is 19.7. The lowest BCUT2D eigenvalue weighted by molar-refractivity contribution is -0.335. The highest BCUT2D eigenvalue weighted by Crippen LogP contribution is 2.64. The molecule has 0 amide bonds. The first-order valence-electron chi connectivity index (χ1n) is 11.5. The molecule has 4 N–H and O–H groups in total. The molecule has 4 aliphatic rings. The Hall–Kier alpha value is -1.32. The van der Waals surface area contributed by atoms with E-state index in [1.807, 2.05) is 0 Å². The third-order valence-corrected chi connectivity index (χ3v) is 9.39. The fraction of sp³-hybridized carbons (Fsp3) is 0.833. The fourth-order valence-corrected chi connectivity index (χ4v) is 7.29. The Morgan fingerprint density at radius 2 is 1.84 bits per heavy atom. The highest BCUT2D eigenvalue weighted by atomic mass is 16.6. The van der Waals surface area contributed by atoms with E-state index < -0.39 is 70.0 Å². The molecule has 3 aliphatic carbocycles. The number of carbonyl (C=O) groups is 2. The third-order valence-electron chi connectivity index (χ3n) is 9.39. The summed E-state index contributed by atoms with van der Waals surface area (Å²) in [5.41, 5.74) is -4.64. The van der Waals surface area contributed by atoms with E-state index in [1.54, 1.807) is 41.5 Å². The number of fused-ring (bicyclic) bond motifs is 5. The lowest BCUT2D eigenvalue weighted by atomic mass is 9.43. The molecule has 8 unspecified atom stereocenters. The third kappa shape index (κ3) is 2.67. The summed E-state index contributed by atoms with van der Waals surface area (Å²) < 4.78 is 11.2. The van der Waals surface area contributed by atoms with Crippen LogP contribution in [0.15, 0.2) is 11.1 Å². The number of ketones is 1. The molecule has 0 aromatic rings. The van der Waals surface area contributed by atoms with Crippen LogP contribution in [-0.4, -0.2) is 74.4 Å². The van der Waals surface area contributed by atoms with E-state index >= 15 is 0 Å². The second-order valence-electron chi connectivity index (χ2n) is 11.0. The maximum atomic E-state index is 14.2. The summed E-state index contributed by atoms with van der Waals surface area (Å²) in [4.78, 5) is 26.6. The van der Waals surface area contributed by atoms with Gasteiger partial charge in [-0.3, -0.25) is 9.59 Å². The first kappa shape index (κ1) is 23.8. The zero-order valence-corrected chi connectivity index (χ0v) is 19.7. The SMILES string of the molecule is CCC(=O)OC1C(=O)[C@]2(C)C(O)CC3OCC3(O)C2C(C)C2(O)CC(O)C(C)=C1C2(C)C. The van der Waals surface area contributed by atoms with Gasteiger partial charge < -0.3 is 29.9 Å². The van der Waals surface area contributed by atoms with Gasteiger partial charge in [-0.15, -0.1) is 0 Å². The van der Waals surface area contributed by atoms with E-state index in [4.69, 9.17) is 9.47 Å². The number of hydrogen-bond donors (Lipinski definition) is 4. The summed E-state index contributed by atoms with van der Waals surface area (Å²) in [6, 6.07) is 0. The van der Waals surface area contributed by atoms with Crippen molar-refractivity contribution in [1.82, 2.24) is 0 Å². The van der Waals surface area contributed by atoms with Crippen LogP contribution in [0.5, 0.6) is 0 Å². The van der Waals surface area contributed by atoms with Gasteiger partial charge in [0, 0.05) is 30.6 Å². The van der Waals surface area contributed by atoms with Crippen LogP contribution in [0.1, 0.15) is 60.8 Å². The Bertz CT molecular complexity index is 879. The minimum absolute atomic E-state index is 0.00339. The smallest absolute Gasteiger partial charge is 0.306 e. The molecule has 180 valence electrons. The molecule has 9 atom stereocenters. The number of esters is 1. The molecule has 1 aliphatic heterocycles. The second-order valence-corrected chi connectivity index (χ2v) is 11.0. The normalized spacial score (nSPS) is 49.9. The maximum Gasteiger partial charge on any atom is 0.306 e. The number of ether oxygens (including phenoxy) is 2. The summed E-state index contributed by atoms with van der Waals surface area (Å²) >= 11 is 0. The first-order chi connectivity index (χ1) is 14.7. The molecule has 0 spiro atoms. The van der Waals surface area contributed by atoms with E-state index in [0.29, 0.717) is 11.1 Å². The summed E-state index contributed by atoms with van der Waals surface area (Å²) in [7, 11) is 0. The standard InChI is InChI=1S/C24H36O8/c1-7-16(27)32-18-17-11(2)13(25)9-24(30,21(17,4)5)12(3)19-22(6,20(18)28)14(26)8-15-23(19,29)10-31-15/h12-15,18-19,25-26,29-30H,7-10H2,1-6H3/t12?,13?,14?,15?,18?,19?,22-,23?,24?/m1/s1. The van der Waals surface area contributed by atoms with Crippen LogP contribution in [0.4, 0.5) is 0 Å². The van der Waals surface area contributed by atoms with Gasteiger partial charge in [-0.1, -0.05) is 27.7 Å². The number of carbonyl (C=O) groups excluding carboxylic acids is 2. The van der Waals surface area contributed by atoms with Crippen LogP contribution >= 0.6 is 0 Å². The highest BCUT2D eigenvalue weighted by molar-refractivity contribution is 5.95. The van der Waals surface area contributed by atoms with Crippen molar-refractivity contribution >= 4 is 11.8 Å². The van der Waals surface area contributed by atoms with E-state index in [0.717, 1.165) is 0 Å². The molecule has 2 saturated carbocycles. The number of rotatable bonds is 2. The average Bonchev–Trinajstić information content (AvgIpc) is 2.71. The van der Waals surface area contributed by atoms with Crippen molar-refractivity contribution in [2.75, 3.05) is 6.61 Å². The summed E-state index contributed by atoms with van der Waals surface area (Å²) in [6.07, 6.45) is -4.12. The van der Waals surface area contributed by atoms with Gasteiger partial charge in [-0.25, -0.2) is 0 Å². The number of aliphatic hydroxyl groups excluding tert-OH is 2. The Labute approximate surface area is 188 Å². The van der Waals surface area contributed by atoms with E-state index in [1.165, 1.54) is 0 Å². The Kier molecular flexibility index (Phi) is 5.28. The zero-order chi connectivity index (χ0) is 24.0. The van der Waals surface area contributed by atoms with E-state index in [2.05, 4.69) is 0 Å². The van der Waals surface area contributed by atoms with Crippen LogP contribution in [0.2, 0.25) is 0 Å². The molecular weight excluding hydrogens is 416 g/mol. The summed E-state index contributed by atoms with van der Waals surface area (Å²) in [6.45, 7) is 10.2. The predicted octanol–water partition coefficient (Wildman–Crippen LogP) is 0.882. The minimum Gasteiger partial charge on any atom is -0.450 e. The second kappa shape index (κ2) is 7.09. The molecule has 8 nitrogen and oxygen atoms in total. The topological polar surface area (TPSA) is 134 Å². The van der Waals surface area contributed by atoms with Gasteiger partial charge in [0.1, 0.15) is 5.60 Å². The Balaban J connectivity index is 2.02. The molecule has 0 radical (unpaired) electrons. The molecule has 1 heterocycles. The van der Waals surface area contributed by atoms with Crippen LogP contribution in [-0.2, 0) is 19.1 Å². The summed E-state index contributed by atoms with van der Waals surface area (Å²) in [5, 5.41) is 46.0. The van der Waals surface area contributed by atoms with E-state index in [9.17, 15) is 30.0 Å². The molecule has 3 fully saturated rings. The fourth-order valence-electron chi connectivity index (χ4n) is 7.29. The largest absolute Gasteiger partial charge is 0.450 e. The van der Waals surface area contributed by atoms with Gasteiger partial charge in [-0.2, -0.15) is 0 Å². The van der Waals surface area contributed by atoms with Gasteiger partial charge in [-0.05, 0) is 30.9 Å². The molecule has 2 bridgehead atoms. The van der Waals surface area contributed by atoms with Crippen LogP contribution < -0.4 is 0 Å². The van der Waals surface area contributed by atoms with E-state index in [-0.39, 0.29) is 25.9 Å². The number of hydrogen-bond acceptors (Lipinski definition) is 8. The number of Topliss-reactive ketones (excluding diaryl/α,β-unsaturated/α-hetero) is 1. The minimum atomic E-state index is -1.54. The Morgan fingerprint density at radius 3 is 2.38 bits per heavy atom. The molecule has 1 saturated heterocycles. The molecule has 0 aromatic heterocycles. The predicted molar refractivity (Wildman–Crippen MR) is 113 cm³/mol. The molecule has 8 heteroatoms. The van der Waals surface area contributed by atoms with Crippen molar-refractivity contribution in [2.24, 2.45) is 22.7 Å². The van der Waals surface area contributed by atoms with Crippen LogP contribution in [0.25, 0.3) is 0 Å². The quantitative estimate of drug-likeness (QED) is 0.358. The maximum absolute atomic E-state index is 14.2. The van der Waals surface area contributed by atoms with Crippen molar-refractivity contribution in [3.8, 4) is 0 Å². The van der Waals surface area contributed by atoms with Gasteiger partial charge >= 0.3 is 5.97 Å². The lowest BCUT2D eigenvalue weighted by Crippen LogP contribution is -2.79. The van der Waals surface area contributed by atoms with Crippen molar-refractivity contribution in [1.29, 1.82) is 0 Å². The molecule has 0 aromatic carbocycles. The molecule has 32 heavy (non-hydrogen) atoms. The molecular formula is C24H36O8. The van der Waals surface area contributed by atoms with Gasteiger partial charge in [0.05, 0.1) is 35.9 Å². The van der Waals surface area contributed by atoms with Crippen molar-refractivity contribution in [2.45, 2.75) is 96.4 Å². The molecule has 4 rings (SSSR count). The van der Waals surface area contributed by atoms with Crippen LogP contribution in [0.3, 0.4) is 0 Å². The Morgan fingerprint density at radius 1 is 1.22 bits per heavy atom.